The lowest BCUT2D eigenvalue weighted by atomic mass is 10.0. The molecule has 0 bridgehead atoms. The van der Waals surface area contributed by atoms with E-state index in [1.165, 1.54) is 0 Å². The molecule has 0 saturated carbocycles. The molecule has 0 radical (unpaired) electrons. The zero-order chi connectivity index (χ0) is 17.9. The molecular formula is C20H15N3O3. The van der Waals surface area contributed by atoms with Gasteiger partial charge in [-0.2, -0.15) is 0 Å². The number of ether oxygens (including phenoxy) is 1. The number of aromatic nitrogens is 2. The molecule has 26 heavy (non-hydrogen) atoms. The number of nitrogens with one attached hydrogen (secondary N) is 1. The van der Waals surface area contributed by atoms with Crippen LogP contribution in [-0.4, -0.2) is 23.3 Å². The Morgan fingerprint density at radius 2 is 1.73 bits per heavy atom. The third-order valence-electron chi connectivity index (χ3n) is 4.12. The van der Waals surface area contributed by atoms with Crippen molar-refractivity contribution < 1.29 is 14.2 Å². The van der Waals surface area contributed by atoms with Crippen LogP contribution >= 0.6 is 0 Å². The maximum Gasteiger partial charge on any atom is 0.257 e. The molecule has 0 aliphatic rings. The Labute approximate surface area is 149 Å². The van der Waals surface area contributed by atoms with Crippen molar-refractivity contribution in [2.75, 3.05) is 12.4 Å². The Bertz CT molecular complexity index is 1070. The monoisotopic (exact) mass is 345 g/mol. The van der Waals surface area contributed by atoms with Crippen molar-refractivity contribution in [1.82, 2.24) is 10.3 Å². The number of rotatable bonds is 4. The van der Waals surface area contributed by atoms with Crippen LogP contribution in [0.3, 0.4) is 0 Å². The van der Waals surface area contributed by atoms with Gasteiger partial charge in [0.15, 0.2) is 5.69 Å². The highest BCUT2D eigenvalue weighted by atomic mass is 16.6. The molecular weight excluding hydrogens is 330 g/mol. The number of hydrogen-bond donors (Lipinski definition) is 1. The van der Waals surface area contributed by atoms with Crippen LogP contribution in [0.2, 0.25) is 0 Å². The van der Waals surface area contributed by atoms with E-state index in [0.717, 1.165) is 22.1 Å². The highest BCUT2D eigenvalue weighted by Crippen LogP contribution is 2.27. The average molecular weight is 345 g/mol. The van der Waals surface area contributed by atoms with Gasteiger partial charge in [0.2, 0.25) is 5.82 Å². The lowest BCUT2D eigenvalue weighted by Gasteiger charge is -2.07. The molecule has 1 heterocycles. The maximum atomic E-state index is 12.8. The van der Waals surface area contributed by atoms with Crippen LogP contribution < -0.4 is 10.1 Å². The molecule has 0 saturated heterocycles. The second-order valence-electron chi connectivity index (χ2n) is 5.67. The lowest BCUT2D eigenvalue weighted by Crippen LogP contribution is -2.13. The second kappa shape index (κ2) is 6.68. The highest BCUT2D eigenvalue weighted by Gasteiger charge is 2.17. The molecule has 3 aromatic carbocycles. The SMILES string of the molecule is COc1ccc(-c2nonc2NC(=O)c2cccc3ccccc23)cc1. The summed E-state index contributed by atoms with van der Waals surface area (Å²) in [7, 11) is 1.60. The van der Waals surface area contributed by atoms with Gasteiger partial charge in [0.1, 0.15) is 5.75 Å². The predicted molar refractivity (Wildman–Crippen MR) is 98.2 cm³/mol. The van der Waals surface area contributed by atoms with Gasteiger partial charge >= 0.3 is 0 Å². The number of amides is 1. The fourth-order valence-electron chi connectivity index (χ4n) is 2.81. The van der Waals surface area contributed by atoms with Crippen LogP contribution in [0.15, 0.2) is 71.4 Å². The molecule has 4 aromatic rings. The van der Waals surface area contributed by atoms with Gasteiger partial charge in [-0.1, -0.05) is 36.4 Å². The summed E-state index contributed by atoms with van der Waals surface area (Å²) in [5.41, 5.74) is 1.79. The Morgan fingerprint density at radius 1 is 0.962 bits per heavy atom. The van der Waals surface area contributed by atoms with Crippen molar-refractivity contribution in [3.05, 3.63) is 72.3 Å². The number of fused-ring (bicyclic) bond motifs is 1. The standard InChI is InChI=1S/C20H15N3O3/c1-25-15-11-9-14(10-12-15)18-19(23-26-22-18)21-20(24)17-8-4-6-13-5-2-3-7-16(13)17/h2-12H,1H3,(H,21,23,24). The van der Waals surface area contributed by atoms with Gasteiger partial charge in [-0.3, -0.25) is 4.79 Å². The first-order chi connectivity index (χ1) is 12.8. The summed E-state index contributed by atoms with van der Waals surface area (Å²) in [6, 6.07) is 20.6. The predicted octanol–water partition coefficient (Wildman–Crippen LogP) is 4.15. The van der Waals surface area contributed by atoms with Gasteiger partial charge in [-0.05, 0) is 51.4 Å². The van der Waals surface area contributed by atoms with Crippen molar-refractivity contribution in [2.45, 2.75) is 0 Å². The van der Waals surface area contributed by atoms with E-state index in [2.05, 4.69) is 15.6 Å². The Hall–Kier alpha value is -3.67. The van der Waals surface area contributed by atoms with E-state index >= 15 is 0 Å². The van der Waals surface area contributed by atoms with E-state index in [1.807, 2.05) is 48.5 Å². The molecule has 1 aromatic heterocycles. The van der Waals surface area contributed by atoms with Gasteiger partial charge in [-0.25, -0.2) is 4.63 Å². The molecule has 0 unspecified atom stereocenters. The van der Waals surface area contributed by atoms with Crippen LogP contribution in [0.5, 0.6) is 5.75 Å². The molecule has 6 heteroatoms. The number of carbonyl (C=O) groups is 1. The molecule has 6 nitrogen and oxygen atoms in total. The van der Waals surface area contributed by atoms with E-state index in [4.69, 9.17) is 9.37 Å². The number of carbonyl (C=O) groups excluding carboxylic acids is 1. The van der Waals surface area contributed by atoms with Crippen molar-refractivity contribution in [1.29, 1.82) is 0 Å². The molecule has 4 rings (SSSR count). The minimum Gasteiger partial charge on any atom is -0.497 e. The van der Waals surface area contributed by atoms with Crippen molar-refractivity contribution in [3.8, 4) is 17.0 Å². The van der Waals surface area contributed by atoms with E-state index in [0.29, 0.717) is 11.3 Å². The summed E-state index contributed by atoms with van der Waals surface area (Å²) in [5.74, 6) is 0.729. The summed E-state index contributed by atoms with van der Waals surface area (Å²) in [4.78, 5) is 12.8. The molecule has 1 N–H and O–H groups in total. The molecule has 0 spiro atoms. The smallest absolute Gasteiger partial charge is 0.257 e. The summed E-state index contributed by atoms with van der Waals surface area (Å²) in [6.07, 6.45) is 0. The maximum absolute atomic E-state index is 12.8. The Morgan fingerprint density at radius 3 is 2.54 bits per heavy atom. The first-order valence-corrected chi connectivity index (χ1v) is 8.02. The summed E-state index contributed by atoms with van der Waals surface area (Å²) >= 11 is 0. The molecule has 128 valence electrons. The summed E-state index contributed by atoms with van der Waals surface area (Å²) < 4.78 is 9.99. The molecule has 1 amide bonds. The zero-order valence-electron chi connectivity index (χ0n) is 14.0. The quantitative estimate of drug-likeness (QED) is 0.601. The summed E-state index contributed by atoms with van der Waals surface area (Å²) in [6.45, 7) is 0. The first-order valence-electron chi connectivity index (χ1n) is 8.02. The highest BCUT2D eigenvalue weighted by molar-refractivity contribution is 6.13. The third kappa shape index (κ3) is 2.88. The molecule has 0 atom stereocenters. The largest absolute Gasteiger partial charge is 0.497 e. The number of benzene rings is 3. The third-order valence-corrected chi connectivity index (χ3v) is 4.12. The molecule has 0 fully saturated rings. The van der Waals surface area contributed by atoms with Gasteiger partial charge in [0.05, 0.1) is 7.11 Å². The number of anilines is 1. The molecule has 0 aliphatic heterocycles. The van der Waals surface area contributed by atoms with Crippen LogP contribution in [-0.2, 0) is 0 Å². The van der Waals surface area contributed by atoms with Crippen LogP contribution in [0.25, 0.3) is 22.0 Å². The average Bonchev–Trinajstić information content (AvgIpc) is 3.15. The Balaban J connectivity index is 1.65. The fourth-order valence-corrected chi connectivity index (χ4v) is 2.81. The van der Waals surface area contributed by atoms with E-state index < -0.39 is 0 Å². The minimum absolute atomic E-state index is 0.271. The Kier molecular flexibility index (Phi) is 4.07. The van der Waals surface area contributed by atoms with Gasteiger partial charge in [0.25, 0.3) is 5.91 Å². The number of methoxy groups -OCH3 is 1. The van der Waals surface area contributed by atoms with Gasteiger partial charge in [0, 0.05) is 11.1 Å². The van der Waals surface area contributed by atoms with Crippen LogP contribution in [0.4, 0.5) is 5.82 Å². The first kappa shape index (κ1) is 15.8. The van der Waals surface area contributed by atoms with Crippen molar-refractivity contribution in [3.63, 3.8) is 0 Å². The minimum atomic E-state index is -0.271. The lowest BCUT2D eigenvalue weighted by molar-refractivity contribution is 0.102. The van der Waals surface area contributed by atoms with Gasteiger partial charge in [-0.15, -0.1) is 0 Å². The second-order valence-corrected chi connectivity index (χ2v) is 5.67. The topological polar surface area (TPSA) is 77.2 Å². The van der Waals surface area contributed by atoms with Crippen molar-refractivity contribution >= 4 is 22.5 Å². The number of nitrogens with zero attached hydrogens (tertiary/aromatic N) is 2. The van der Waals surface area contributed by atoms with Crippen LogP contribution in [0.1, 0.15) is 10.4 Å². The normalized spacial score (nSPS) is 10.7. The summed E-state index contributed by atoms with van der Waals surface area (Å²) in [5, 5.41) is 12.4. The fraction of sp³-hybridized carbons (Fsp3) is 0.0500. The van der Waals surface area contributed by atoms with Crippen molar-refractivity contribution in [2.24, 2.45) is 0 Å². The van der Waals surface area contributed by atoms with Crippen LogP contribution in [0, 0.1) is 0 Å². The molecule has 0 aliphatic carbocycles. The van der Waals surface area contributed by atoms with E-state index in [1.54, 1.807) is 25.3 Å². The zero-order valence-corrected chi connectivity index (χ0v) is 14.0. The van der Waals surface area contributed by atoms with E-state index in [9.17, 15) is 4.79 Å². The number of hydrogen-bond acceptors (Lipinski definition) is 5. The van der Waals surface area contributed by atoms with Gasteiger partial charge < -0.3 is 10.1 Å². The van der Waals surface area contributed by atoms with E-state index in [-0.39, 0.29) is 11.7 Å².